The zero-order valence-electron chi connectivity index (χ0n) is 14.9. The van der Waals surface area contributed by atoms with Gasteiger partial charge in [-0.15, -0.1) is 0 Å². The minimum absolute atomic E-state index is 0.126. The fourth-order valence-electron chi connectivity index (χ4n) is 2.82. The molecule has 0 fully saturated rings. The Labute approximate surface area is 162 Å². The van der Waals surface area contributed by atoms with Crippen molar-refractivity contribution in [2.24, 2.45) is 0 Å². The molecule has 1 aromatic heterocycles. The lowest BCUT2D eigenvalue weighted by Gasteiger charge is -2.14. The van der Waals surface area contributed by atoms with Crippen molar-refractivity contribution in [3.05, 3.63) is 64.7 Å². The summed E-state index contributed by atoms with van der Waals surface area (Å²) < 4.78 is 0. The number of aliphatic hydroxyl groups excluding tert-OH is 2. The van der Waals surface area contributed by atoms with E-state index in [0.717, 1.165) is 22.4 Å². The summed E-state index contributed by atoms with van der Waals surface area (Å²) in [5.41, 5.74) is 10.1. The summed E-state index contributed by atoms with van der Waals surface area (Å²) in [6.07, 6.45) is 0. The van der Waals surface area contributed by atoms with Crippen molar-refractivity contribution in [2.75, 3.05) is 24.3 Å². The van der Waals surface area contributed by atoms with Crippen LogP contribution in [0.2, 0.25) is 5.02 Å². The summed E-state index contributed by atoms with van der Waals surface area (Å²) in [4.78, 5) is 8.57. The molecule has 2 aromatic carbocycles. The molecule has 0 saturated carbocycles. The molecule has 7 heteroatoms. The second-order valence-corrected chi connectivity index (χ2v) is 6.70. The number of hydrogen-bond acceptors (Lipinski definition) is 6. The number of nitrogens with zero attached hydrogens (tertiary/aromatic N) is 2. The van der Waals surface area contributed by atoms with E-state index in [1.807, 2.05) is 49.4 Å². The lowest BCUT2D eigenvalue weighted by atomic mass is 10.0. The molecule has 0 bridgehead atoms. The zero-order chi connectivity index (χ0) is 19.4. The van der Waals surface area contributed by atoms with Gasteiger partial charge in [0.25, 0.3) is 0 Å². The quantitative estimate of drug-likeness (QED) is 0.518. The Hall–Kier alpha value is -2.67. The molecule has 6 nitrogen and oxygen atoms in total. The van der Waals surface area contributed by atoms with Crippen LogP contribution in [0.4, 0.5) is 17.5 Å². The summed E-state index contributed by atoms with van der Waals surface area (Å²) in [7, 11) is 0. The molecule has 0 spiro atoms. The van der Waals surface area contributed by atoms with E-state index in [-0.39, 0.29) is 25.1 Å². The number of halogens is 1. The highest BCUT2D eigenvalue weighted by Gasteiger charge is 2.11. The van der Waals surface area contributed by atoms with Crippen LogP contribution in [-0.2, 0) is 0 Å². The zero-order valence-corrected chi connectivity index (χ0v) is 15.6. The maximum Gasteiger partial charge on any atom is 0.222 e. The van der Waals surface area contributed by atoms with E-state index in [1.54, 1.807) is 6.07 Å². The Kier molecular flexibility index (Phi) is 5.91. The fourth-order valence-corrected chi connectivity index (χ4v) is 3.00. The van der Waals surface area contributed by atoms with Crippen molar-refractivity contribution in [3.8, 4) is 11.3 Å². The van der Waals surface area contributed by atoms with Gasteiger partial charge in [-0.2, -0.15) is 4.98 Å². The smallest absolute Gasteiger partial charge is 0.222 e. The van der Waals surface area contributed by atoms with Gasteiger partial charge in [0, 0.05) is 28.3 Å². The number of benzene rings is 2. The summed E-state index contributed by atoms with van der Waals surface area (Å²) in [6, 6.07) is 14.8. The highest BCUT2D eigenvalue weighted by molar-refractivity contribution is 6.30. The van der Waals surface area contributed by atoms with Crippen molar-refractivity contribution >= 4 is 29.1 Å². The SMILES string of the molecule is Cc1ccc(Cl)cc1-c1cc(Nc2cccc(C(CO)CO)c2)nc(N)n1. The molecule has 0 aliphatic carbocycles. The van der Waals surface area contributed by atoms with Gasteiger partial charge in [0.15, 0.2) is 0 Å². The Morgan fingerprint density at radius 2 is 1.85 bits per heavy atom. The van der Waals surface area contributed by atoms with Crippen LogP contribution in [0.15, 0.2) is 48.5 Å². The topological polar surface area (TPSA) is 104 Å². The van der Waals surface area contributed by atoms with E-state index >= 15 is 0 Å². The van der Waals surface area contributed by atoms with Gasteiger partial charge in [0.2, 0.25) is 5.95 Å². The third kappa shape index (κ3) is 4.54. The third-order valence-electron chi connectivity index (χ3n) is 4.29. The van der Waals surface area contributed by atoms with Gasteiger partial charge in [0.05, 0.1) is 18.9 Å². The number of nitrogens with two attached hydrogens (primary N) is 1. The highest BCUT2D eigenvalue weighted by atomic mass is 35.5. The van der Waals surface area contributed by atoms with Gasteiger partial charge in [-0.05, 0) is 42.3 Å². The van der Waals surface area contributed by atoms with Crippen molar-refractivity contribution in [2.45, 2.75) is 12.8 Å². The summed E-state index contributed by atoms with van der Waals surface area (Å²) in [6.45, 7) is 1.72. The fraction of sp³-hybridized carbons (Fsp3) is 0.200. The van der Waals surface area contributed by atoms with Crippen LogP contribution in [0, 0.1) is 6.92 Å². The minimum atomic E-state index is -0.327. The van der Waals surface area contributed by atoms with Crippen LogP contribution < -0.4 is 11.1 Å². The average Bonchev–Trinajstić information content (AvgIpc) is 2.64. The summed E-state index contributed by atoms with van der Waals surface area (Å²) >= 11 is 6.12. The predicted molar refractivity (Wildman–Crippen MR) is 108 cm³/mol. The van der Waals surface area contributed by atoms with E-state index in [1.165, 1.54) is 0 Å². The van der Waals surface area contributed by atoms with Crippen molar-refractivity contribution < 1.29 is 10.2 Å². The number of hydrogen-bond donors (Lipinski definition) is 4. The third-order valence-corrected chi connectivity index (χ3v) is 4.53. The van der Waals surface area contributed by atoms with Crippen LogP contribution in [0.5, 0.6) is 0 Å². The molecule has 5 N–H and O–H groups in total. The van der Waals surface area contributed by atoms with Crippen molar-refractivity contribution in [1.29, 1.82) is 0 Å². The van der Waals surface area contributed by atoms with Gasteiger partial charge in [-0.25, -0.2) is 4.98 Å². The molecule has 0 unspecified atom stereocenters. The second-order valence-electron chi connectivity index (χ2n) is 6.27. The van der Waals surface area contributed by atoms with Gasteiger partial charge in [0.1, 0.15) is 5.82 Å². The molecule has 0 amide bonds. The van der Waals surface area contributed by atoms with Crippen LogP contribution in [0.25, 0.3) is 11.3 Å². The molecule has 0 saturated heterocycles. The maximum atomic E-state index is 9.38. The average molecular weight is 385 g/mol. The standard InChI is InChI=1S/C20H21ClN4O2/c1-12-5-6-15(21)8-17(12)18-9-19(25-20(22)24-18)23-16-4-2-3-13(7-16)14(10-26)11-27/h2-9,14,26-27H,10-11H2,1H3,(H3,22,23,24,25). The van der Waals surface area contributed by atoms with E-state index in [2.05, 4.69) is 15.3 Å². The largest absolute Gasteiger partial charge is 0.396 e. The Balaban J connectivity index is 1.94. The molecular weight excluding hydrogens is 364 g/mol. The molecule has 3 rings (SSSR count). The predicted octanol–water partition coefficient (Wildman–Crippen LogP) is 3.50. The highest BCUT2D eigenvalue weighted by Crippen LogP contribution is 2.28. The number of nitrogen functional groups attached to an aromatic ring is 1. The number of anilines is 3. The van der Waals surface area contributed by atoms with Crippen LogP contribution in [0.1, 0.15) is 17.0 Å². The molecule has 0 aliphatic rings. The number of aromatic nitrogens is 2. The Morgan fingerprint density at radius 3 is 2.59 bits per heavy atom. The molecule has 0 radical (unpaired) electrons. The number of rotatable bonds is 6. The first-order valence-corrected chi connectivity index (χ1v) is 8.87. The number of nitrogens with one attached hydrogen (secondary N) is 1. The van der Waals surface area contributed by atoms with Crippen LogP contribution in [-0.4, -0.2) is 33.4 Å². The minimum Gasteiger partial charge on any atom is -0.396 e. The first-order chi connectivity index (χ1) is 13.0. The Bertz CT molecular complexity index is 945. The van der Waals surface area contributed by atoms with Gasteiger partial charge in [-0.3, -0.25) is 0 Å². The van der Waals surface area contributed by atoms with Gasteiger partial charge < -0.3 is 21.3 Å². The molecule has 0 atom stereocenters. The lowest BCUT2D eigenvalue weighted by molar-refractivity contribution is 0.192. The normalized spacial score (nSPS) is 11.0. The monoisotopic (exact) mass is 384 g/mol. The number of aliphatic hydroxyl groups is 2. The second kappa shape index (κ2) is 8.35. The molecule has 0 aliphatic heterocycles. The van der Waals surface area contributed by atoms with Gasteiger partial charge >= 0.3 is 0 Å². The molecule has 3 aromatic rings. The van der Waals surface area contributed by atoms with E-state index < -0.39 is 0 Å². The summed E-state index contributed by atoms with van der Waals surface area (Å²) in [5.74, 6) is 0.361. The van der Waals surface area contributed by atoms with Crippen molar-refractivity contribution in [1.82, 2.24) is 9.97 Å². The van der Waals surface area contributed by atoms with Gasteiger partial charge in [-0.1, -0.05) is 29.8 Å². The summed E-state index contributed by atoms with van der Waals surface area (Å²) in [5, 5.41) is 22.6. The first kappa shape index (κ1) is 19.1. The van der Waals surface area contributed by atoms with Crippen LogP contribution in [0.3, 0.4) is 0 Å². The molecule has 27 heavy (non-hydrogen) atoms. The lowest BCUT2D eigenvalue weighted by Crippen LogP contribution is -2.09. The van der Waals surface area contributed by atoms with E-state index in [9.17, 15) is 10.2 Å². The molecule has 1 heterocycles. The van der Waals surface area contributed by atoms with Crippen LogP contribution >= 0.6 is 11.6 Å². The first-order valence-electron chi connectivity index (χ1n) is 8.50. The number of aryl methyl sites for hydroxylation is 1. The molecular formula is C20H21ClN4O2. The van der Waals surface area contributed by atoms with E-state index in [4.69, 9.17) is 17.3 Å². The molecule has 140 valence electrons. The van der Waals surface area contributed by atoms with Crippen molar-refractivity contribution in [3.63, 3.8) is 0 Å². The Morgan fingerprint density at radius 1 is 1.07 bits per heavy atom. The van der Waals surface area contributed by atoms with E-state index in [0.29, 0.717) is 16.5 Å². The maximum absolute atomic E-state index is 9.38.